The summed E-state index contributed by atoms with van der Waals surface area (Å²) in [5.74, 6) is 4.88. The monoisotopic (exact) mass is 145 g/mol. The molecule has 0 heterocycles. The molecule has 3 nitrogen and oxygen atoms in total. The summed E-state index contributed by atoms with van der Waals surface area (Å²) in [4.78, 5) is 4.47. The summed E-state index contributed by atoms with van der Waals surface area (Å²) in [5, 5.41) is 0. The molecule has 0 amide bonds. The van der Waals surface area contributed by atoms with Crippen molar-refractivity contribution in [2.75, 3.05) is 6.61 Å². The molecule has 1 atom stereocenters. The molecule has 0 aromatic carbocycles. The molecule has 0 aromatic rings. The van der Waals surface area contributed by atoms with Gasteiger partial charge in [0, 0.05) is 0 Å². The SMILES string of the molecule is CCC=COCC(C)ON. The Kier molecular flexibility index (Phi) is 6.22. The minimum absolute atomic E-state index is 0.0403. The van der Waals surface area contributed by atoms with E-state index in [9.17, 15) is 0 Å². The smallest absolute Gasteiger partial charge is 0.115 e. The van der Waals surface area contributed by atoms with Crippen LogP contribution in [-0.4, -0.2) is 12.7 Å². The molecule has 0 saturated heterocycles. The topological polar surface area (TPSA) is 44.5 Å². The fourth-order valence-corrected chi connectivity index (χ4v) is 0.395. The van der Waals surface area contributed by atoms with Crippen LogP contribution in [0.3, 0.4) is 0 Å². The first-order valence-corrected chi connectivity index (χ1v) is 3.43. The lowest BCUT2D eigenvalue weighted by Crippen LogP contribution is -2.18. The summed E-state index contributed by atoms with van der Waals surface area (Å²) in [6, 6.07) is 0. The van der Waals surface area contributed by atoms with Crippen molar-refractivity contribution in [2.45, 2.75) is 26.4 Å². The van der Waals surface area contributed by atoms with Gasteiger partial charge in [0.25, 0.3) is 0 Å². The number of hydrogen-bond acceptors (Lipinski definition) is 3. The molecule has 0 aliphatic heterocycles. The van der Waals surface area contributed by atoms with Gasteiger partial charge in [0.05, 0.1) is 6.26 Å². The van der Waals surface area contributed by atoms with Gasteiger partial charge in [-0.1, -0.05) is 13.0 Å². The van der Waals surface area contributed by atoms with Gasteiger partial charge in [-0.2, -0.15) is 0 Å². The summed E-state index contributed by atoms with van der Waals surface area (Å²) in [7, 11) is 0. The van der Waals surface area contributed by atoms with Gasteiger partial charge in [-0.05, 0) is 13.3 Å². The zero-order valence-corrected chi connectivity index (χ0v) is 6.54. The van der Waals surface area contributed by atoms with Crippen molar-refractivity contribution < 1.29 is 9.57 Å². The molecule has 3 heteroatoms. The summed E-state index contributed by atoms with van der Waals surface area (Å²) in [5.41, 5.74) is 0. The van der Waals surface area contributed by atoms with Crippen molar-refractivity contribution in [3.05, 3.63) is 12.3 Å². The van der Waals surface area contributed by atoms with Crippen LogP contribution < -0.4 is 5.90 Å². The standard InChI is InChI=1S/C7H15NO2/c1-3-4-5-9-6-7(2)10-8/h4-5,7H,3,6,8H2,1-2H3. The predicted octanol–water partition coefficient (Wildman–Crippen LogP) is 1.21. The molecule has 0 rings (SSSR count). The second-order valence-electron chi connectivity index (χ2n) is 2.06. The fourth-order valence-electron chi connectivity index (χ4n) is 0.395. The lowest BCUT2D eigenvalue weighted by molar-refractivity contribution is 0.0191. The molecule has 0 aromatic heterocycles. The third-order valence-electron chi connectivity index (χ3n) is 0.991. The van der Waals surface area contributed by atoms with Crippen molar-refractivity contribution in [3.63, 3.8) is 0 Å². The van der Waals surface area contributed by atoms with Crippen LogP contribution >= 0.6 is 0 Å². The van der Waals surface area contributed by atoms with Crippen LogP contribution in [0.2, 0.25) is 0 Å². The molecule has 0 spiro atoms. The Balaban J connectivity index is 3.10. The molecule has 1 unspecified atom stereocenters. The highest BCUT2D eigenvalue weighted by molar-refractivity contribution is 4.70. The van der Waals surface area contributed by atoms with Crippen LogP contribution in [0.25, 0.3) is 0 Å². The number of rotatable bonds is 5. The van der Waals surface area contributed by atoms with Gasteiger partial charge >= 0.3 is 0 Å². The van der Waals surface area contributed by atoms with E-state index < -0.39 is 0 Å². The van der Waals surface area contributed by atoms with Crippen LogP contribution in [-0.2, 0) is 9.57 Å². The minimum Gasteiger partial charge on any atom is -0.499 e. The molecular formula is C7H15NO2. The second-order valence-corrected chi connectivity index (χ2v) is 2.06. The largest absolute Gasteiger partial charge is 0.499 e. The van der Waals surface area contributed by atoms with Crippen LogP contribution in [0.1, 0.15) is 20.3 Å². The van der Waals surface area contributed by atoms with Crippen molar-refractivity contribution >= 4 is 0 Å². The molecule has 10 heavy (non-hydrogen) atoms. The Bertz CT molecular complexity index is 93.6. The maximum absolute atomic E-state index is 5.04. The van der Waals surface area contributed by atoms with Crippen molar-refractivity contribution in [1.82, 2.24) is 0 Å². The fraction of sp³-hybridized carbons (Fsp3) is 0.714. The number of nitrogens with two attached hydrogens (primary N) is 1. The summed E-state index contributed by atoms with van der Waals surface area (Å²) in [6.45, 7) is 4.40. The van der Waals surface area contributed by atoms with Gasteiger partial charge in [0.2, 0.25) is 0 Å². The van der Waals surface area contributed by atoms with Gasteiger partial charge in [0.1, 0.15) is 12.7 Å². The molecule has 0 radical (unpaired) electrons. The quantitative estimate of drug-likeness (QED) is 0.467. The van der Waals surface area contributed by atoms with Gasteiger partial charge in [0.15, 0.2) is 0 Å². The summed E-state index contributed by atoms with van der Waals surface area (Å²) >= 11 is 0. The highest BCUT2D eigenvalue weighted by atomic mass is 16.6. The highest BCUT2D eigenvalue weighted by Gasteiger charge is 1.96. The Hall–Kier alpha value is -0.540. The van der Waals surface area contributed by atoms with E-state index in [2.05, 4.69) is 4.84 Å². The molecule has 0 fully saturated rings. The second kappa shape index (κ2) is 6.58. The summed E-state index contributed by atoms with van der Waals surface area (Å²) < 4.78 is 5.04. The van der Waals surface area contributed by atoms with Gasteiger partial charge < -0.3 is 4.74 Å². The summed E-state index contributed by atoms with van der Waals surface area (Å²) in [6.07, 6.45) is 4.54. The number of allylic oxidation sites excluding steroid dienone is 1. The van der Waals surface area contributed by atoms with E-state index >= 15 is 0 Å². The first-order chi connectivity index (χ1) is 4.81. The Morgan fingerprint density at radius 1 is 1.60 bits per heavy atom. The minimum atomic E-state index is -0.0403. The molecular weight excluding hydrogens is 130 g/mol. The zero-order valence-electron chi connectivity index (χ0n) is 6.54. The molecule has 0 aliphatic rings. The average Bonchev–Trinajstić information content (AvgIpc) is 1.98. The molecule has 60 valence electrons. The van der Waals surface area contributed by atoms with Crippen LogP contribution in [0.15, 0.2) is 12.3 Å². The van der Waals surface area contributed by atoms with Gasteiger partial charge in [-0.15, -0.1) is 0 Å². The van der Waals surface area contributed by atoms with Crippen molar-refractivity contribution in [3.8, 4) is 0 Å². The third-order valence-corrected chi connectivity index (χ3v) is 0.991. The molecule has 0 saturated carbocycles. The maximum atomic E-state index is 5.04. The Morgan fingerprint density at radius 3 is 2.80 bits per heavy atom. The third kappa shape index (κ3) is 5.59. The lowest BCUT2D eigenvalue weighted by Gasteiger charge is -2.06. The average molecular weight is 145 g/mol. The Labute approximate surface area is 61.8 Å². The van der Waals surface area contributed by atoms with E-state index in [1.807, 2.05) is 19.9 Å². The molecule has 2 N–H and O–H groups in total. The van der Waals surface area contributed by atoms with E-state index in [4.69, 9.17) is 10.6 Å². The first-order valence-electron chi connectivity index (χ1n) is 3.43. The zero-order chi connectivity index (χ0) is 7.82. The lowest BCUT2D eigenvalue weighted by atomic mass is 10.4. The van der Waals surface area contributed by atoms with E-state index in [1.165, 1.54) is 0 Å². The number of hydrogen-bond donors (Lipinski definition) is 1. The predicted molar refractivity (Wildman–Crippen MR) is 40.1 cm³/mol. The maximum Gasteiger partial charge on any atom is 0.115 e. The normalized spacial score (nSPS) is 13.9. The van der Waals surface area contributed by atoms with E-state index in [0.717, 1.165) is 6.42 Å². The van der Waals surface area contributed by atoms with Crippen molar-refractivity contribution in [2.24, 2.45) is 5.90 Å². The molecule has 0 bridgehead atoms. The van der Waals surface area contributed by atoms with Crippen LogP contribution in [0.4, 0.5) is 0 Å². The van der Waals surface area contributed by atoms with Gasteiger partial charge in [-0.25, -0.2) is 5.90 Å². The molecule has 0 aliphatic carbocycles. The van der Waals surface area contributed by atoms with Gasteiger partial charge in [-0.3, -0.25) is 4.84 Å². The van der Waals surface area contributed by atoms with Crippen LogP contribution in [0, 0.1) is 0 Å². The number of ether oxygens (including phenoxy) is 1. The van der Waals surface area contributed by atoms with E-state index in [-0.39, 0.29) is 6.10 Å². The Morgan fingerprint density at radius 2 is 2.30 bits per heavy atom. The highest BCUT2D eigenvalue weighted by Crippen LogP contribution is 1.88. The van der Waals surface area contributed by atoms with E-state index in [0.29, 0.717) is 6.61 Å². The first kappa shape index (κ1) is 9.46. The van der Waals surface area contributed by atoms with E-state index in [1.54, 1.807) is 6.26 Å². The van der Waals surface area contributed by atoms with Crippen LogP contribution in [0.5, 0.6) is 0 Å². The van der Waals surface area contributed by atoms with Crippen molar-refractivity contribution in [1.29, 1.82) is 0 Å².